The number of hydrogen-bond donors (Lipinski definition) is 3. The lowest BCUT2D eigenvalue weighted by Gasteiger charge is -2.03. The molecule has 0 aliphatic rings. The second kappa shape index (κ2) is 5.28. The Morgan fingerprint density at radius 1 is 1.08 bits per heavy atom. The van der Waals surface area contributed by atoms with Crippen LogP contribution in [0.1, 0.15) is 0 Å². The molecule has 0 amide bonds. The van der Waals surface area contributed by atoms with E-state index in [0.29, 0.717) is 28.4 Å². The summed E-state index contributed by atoms with van der Waals surface area (Å²) in [6.45, 7) is 0. The molecule has 5 aromatic rings. The van der Waals surface area contributed by atoms with Gasteiger partial charge in [0.15, 0.2) is 5.65 Å². The molecule has 0 saturated carbocycles. The zero-order valence-corrected chi connectivity index (χ0v) is 13.5. The fraction of sp³-hybridized carbons (Fsp3) is 0. The number of nitrogens with zero attached hydrogens (tertiary/aromatic N) is 4. The number of fused-ring (bicyclic) bond motifs is 2. The lowest BCUT2D eigenvalue weighted by Crippen LogP contribution is -2.14. The molecular weight excluding hydrogens is 330 g/mol. The zero-order valence-electron chi connectivity index (χ0n) is 13.5. The zero-order chi connectivity index (χ0) is 17.7. The lowest BCUT2D eigenvalue weighted by molar-refractivity contribution is 0.906. The van der Waals surface area contributed by atoms with E-state index >= 15 is 0 Å². The van der Waals surface area contributed by atoms with Gasteiger partial charge in [-0.05, 0) is 24.3 Å². The topological polar surface area (TPSA) is 118 Å². The quantitative estimate of drug-likeness (QED) is 0.454. The average molecular weight is 343 g/mol. The summed E-state index contributed by atoms with van der Waals surface area (Å²) < 4.78 is 1.33. The normalized spacial score (nSPS) is 11.4. The molecule has 4 N–H and O–H groups in total. The third-order valence-corrected chi connectivity index (χ3v) is 4.30. The Kier molecular flexibility index (Phi) is 2.93. The SMILES string of the molecule is Nc1[nH]n2c(=O)cc(-c3ccc4[nH]ncc4c3)nc2c1-c1ccccn1. The predicted octanol–water partition coefficient (Wildman–Crippen LogP) is 2.21. The minimum atomic E-state index is -0.244. The van der Waals surface area contributed by atoms with Gasteiger partial charge in [0.1, 0.15) is 5.82 Å². The molecule has 0 bridgehead atoms. The summed E-state index contributed by atoms with van der Waals surface area (Å²) in [7, 11) is 0. The second-order valence-corrected chi connectivity index (χ2v) is 5.93. The van der Waals surface area contributed by atoms with Crippen LogP contribution in [0.5, 0.6) is 0 Å². The number of rotatable bonds is 2. The molecule has 0 radical (unpaired) electrons. The van der Waals surface area contributed by atoms with E-state index in [-0.39, 0.29) is 5.56 Å². The Bertz CT molecular complexity index is 1310. The summed E-state index contributed by atoms with van der Waals surface area (Å²) in [5, 5.41) is 10.7. The van der Waals surface area contributed by atoms with E-state index in [1.807, 2.05) is 36.4 Å². The number of aromatic amines is 2. The molecule has 0 spiro atoms. The van der Waals surface area contributed by atoms with Crippen molar-refractivity contribution in [2.75, 3.05) is 5.73 Å². The molecule has 26 heavy (non-hydrogen) atoms. The number of H-pyrrole nitrogens is 2. The lowest BCUT2D eigenvalue weighted by atomic mass is 10.1. The third kappa shape index (κ3) is 2.09. The summed E-state index contributed by atoms with van der Waals surface area (Å²) >= 11 is 0. The Balaban J connectivity index is 1.79. The van der Waals surface area contributed by atoms with Crippen LogP contribution in [0.4, 0.5) is 5.82 Å². The molecule has 0 fully saturated rings. The maximum atomic E-state index is 12.6. The first-order chi connectivity index (χ1) is 12.7. The van der Waals surface area contributed by atoms with Crippen molar-refractivity contribution in [2.45, 2.75) is 0 Å². The van der Waals surface area contributed by atoms with Gasteiger partial charge in [-0.3, -0.25) is 20.0 Å². The van der Waals surface area contributed by atoms with Crippen LogP contribution in [0.2, 0.25) is 0 Å². The van der Waals surface area contributed by atoms with Gasteiger partial charge in [0.2, 0.25) is 0 Å². The Hall–Kier alpha value is -3.94. The third-order valence-electron chi connectivity index (χ3n) is 4.30. The van der Waals surface area contributed by atoms with Crippen molar-refractivity contribution in [3.8, 4) is 22.5 Å². The van der Waals surface area contributed by atoms with Gasteiger partial charge in [0.25, 0.3) is 5.56 Å². The van der Waals surface area contributed by atoms with Crippen LogP contribution in [0, 0.1) is 0 Å². The van der Waals surface area contributed by atoms with Crippen LogP contribution in [0.3, 0.4) is 0 Å². The van der Waals surface area contributed by atoms with Crippen LogP contribution in [-0.4, -0.2) is 29.8 Å². The molecule has 8 heteroatoms. The van der Waals surface area contributed by atoms with Gasteiger partial charge in [-0.2, -0.15) is 9.61 Å². The van der Waals surface area contributed by atoms with E-state index in [2.05, 4.69) is 25.3 Å². The number of benzene rings is 1. The highest BCUT2D eigenvalue weighted by molar-refractivity contribution is 5.86. The number of anilines is 1. The Morgan fingerprint density at radius 3 is 2.85 bits per heavy atom. The van der Waals surface area contributed by atoms with Crippen LogP contribution < -0.4 is 11.3 Å². The van der Waals surface area contributed by atoms with Gasteiger partial charge in [-0.25, -0.2) is 4.98 Å². The summed E-state index contributed by atoms with van der Waals surface area (Å²) in [6.07, 6.45) is 3.41. The second-order valence-electron chi connectivity index (χ2n) is 5.93. The first kappa shape index (κ1) is 14.4. The number of pyridine rings is 1. The highest BCUT2D eigenvalue weighted by Gasteiger charge is 2.17. The van der Waals surface area contributed by atoms with Gasteiger partial charge in [0.05, 0.1) is 28.7 Å². The summed E-state index contributed by atoms with van der Waals surface area (Å²) in [6, 6.07) is 12.7. The van der Waals surface area contributed by atoms with Crippen molar-refractivity contribution in [3.05, 3.63) is 65.2 Å². The van der Waals surface area contributed by atoms with Crippen LogP contribution in [0.25, 0.3) is 39.1 Å². The fourth-order valence-corrected chi connectivity index (χ4v) is 3.07. The first-order valence-electron chi connectivity index (χ1n) is 7.97. The minimum absolute atomic E-state index is 0.244. The Labute approximate surface area is 146 Å². The van der Waals surface area contributed by atoms with E-state index in [1.165, 1.54) is 10.6 Å². The number of nitrogens with one attached hydrogen (secondary N) is 2. The van der Waals surface area contributed by atoms with Gasteiger partial charge >= 0.3 is 0 Å². The van der Waals surface area contributed by atoms with Gasteiger partial charge in [-0.1, -0.05) is 12.1 Å². The molecule has 0 saturated heterocycles. The monoisotopic (exact) mass is 343 g/mol. The molecule has 126 valence electrons. The maximum Gasteiger partial charge on any atom is 0.273 e. The molecule has 4 heterocycles. The number of hydrogen-bond acceptors (Lipinski definition) is 5. The standard InChI is InChI=1S/C18H13N7O/c19-17-16(13-3-1-2-6-20-13)18-22-14(8-15(26)25(18)24-17)10-4-5-12-11(7-10)9-21-23-12/h1-9,24H,19H2,(H,21,23). The predicted molar refractivity (Wildman–Crippen MR) is 98.5 cm³/mol. The molecule has 0 atom stereocenters. The van der Waals surface area contributed by atoms with E-state index in [0.717, 1.165) is 16.5 Å². The minimum Gasteiger partial charge on any atom is -0.383 e. The molecule has 8 nitrogen and oxygen atoms in total. The number of aromatic nitrogens is 6. The molecule has 1 aromatic carbocycles. The molecule has 5 rings (SSSR count). The molecular formula is C18H13N7O. The largest absolute Gasteiger partial charge is 0.383 e. The highest BCUT2D eigenvalue weighted by atomic mass is 16.1. The fourth-order valence-electron chi connectivity index (χ4n) is 3.07. The smallest absolute Gasteiger partial charge is 0.273 e. The molecule has 0 aliphatic heterocycles. The van der Waals surface area contributed by atoms with Crippen molar-refractivity contribution < 1.29 is 0 Å². The van der Waals surface area contributed by atoms with Crippen LogP contribution >= 0.6 is 0 Å². The van der Waals surface area contributed by atoms with Crippen molar-refractivity contribution >= 4 is 22.4 Å². The van der Waals surface area contributed by atoms with E-state index in [1.54, 1.807) is 12.4 Å². The van der Waals surface area contributed by atoms with Gasteiger partial charge < -0.3 is 5.73 Å². The van der Waals surface area contributed by atoms with E-state index < -0.39 is 0 Å². The molecule has 0 aliphatic carbocycles. The van der Waals surface area contributed by atoms with Crippen molar-refractivity contribution in [1.82, 2.24) is 29.8 Å². The van der Waals surface area contributed by atoms with Crippen LogP contribution in [0.15, 0.2) is 59.7 Å². The van der Waals surface area contributed by atoms with Crippen LogP contribution in [-0.2, 0) is 0 Å². The number of nitrogen functional groups attached to an aromatic ring is 1. The van der Waals surface area contributed by atoms with Gasteiger partial charge in [-0.15, -0.1) is 0 Å². The highest BCUT2D eigenvalue weighted by Crippen LogP contribution is 2.28. The number of nitrogens with two attached hydrogens (primary N) is 1. The van der Waals surface area contributed by atoms with Gasteiger partial charge in [0, 0.05) is 23.2 Å². The van der Waals surface area contributed by atoms with E-state index in [9.17, 15) is 4.79 Å². The van der Waals surface area contributed by atoms with Crippen molar-refractivity contribution in [1.29, 1.82) is 0 Å². The Morgan fingerprint density at radius 2 is 2.00 bits per heavy atom. The molecule has 0 unspecified atom stereocenters. The summed E-state index contributed by atoms with van der Waals surface area (Å²) in [5.41, 5.74) is 9.86. The maximum absolute atomic E-state index is 12.6. The molecule has 4 aromatic heterocycles. The first-order valence-corrected chi connectivity index (χ1v) is 7.97. The van der Waals surface area contributed by atoms with E-state index in [4.69, 9.17) is 5.73 Å². The van der Waals surface area contributed by atoms with Crippen molar-refractivity contribution in [3.63, 3.8) is 0 Å². The average Bonchev–Trinajstić information content (AvgIpc) is 3.25. The summed E-state index contributed by atoms with van der Waals surface area (Å²) in [4.78, 5) is 21.6. The van der Waals surface area contributed by atoms with Crippen molar-refractivity contribution in [2.24, 2.45) is 0 Å². The summed E-state index contributed by atoms with van der Waals surface area (Å²) in [5.74, 6) is 0.343.